The van der Waals surface area contributed by atoms with E-state index in [1.165, 1.54) is 12.4 Å². The molecule has 0 bridgehead atoms. The number of carbonyl (C=O) groups is 2. The van der Waals surface area contributed by atoms with Crippen molar-refractivity contribution in [2.75, 3.05) is 31.5 Å². The van der Waals surface area contributed by atoms with E-state index in [9.17, 15) is 9.59 Å². The van der Waals surface area contributed by atoms with E-state index >= 15 is 0 Å². The van der Waals surface area contributed by atoms with E-state index in [2.05, 4.69) is 15.3 Å². The number of benzene rings is 1. The number of carbonyl (C=O) groups excluding carboxylic acids is 2. The fraction of sp³-hybridized carbons (Fsp3) is 0.294. The summed E-state index contributed by atoms with van der Waals surface area (Å²) < 4.78 is 0. The van der Waals surface area contributed by atoms with Crippen molar-refractivity contribution in [3.8, 4) is 0 Å². The molecule has 1 aromatic heterocycles. The Kier molecular flexibility index (Phi) is 5.14. The second-order valence-electron chi connectivity index (χ2n) is 5.77. The first kappa shape index (κ1) is 17.2. The minimum Gasteiger partial charge on any atom is -0.342 e. The van der Waals surface area contributed by atoms with Gasteiger partial charge in [-0.25, -0.2) is 9.97 Å². The van der Waals surface area contributed by atoms with E-state index < -0.39 is 0 Å². The highest BCUT2D eigenvalue weighted by Crippen LogP contribution is 2.24. The van der Waals surface area contributed by atoms with Crippen molar-refractivity contribution in [2.24, 2.45) is 0 Å². The Morgan fingerprint density at radius 3 is 2.52 bits per heavy atom. The highest BCUT2D eigenvalue weighted by atomic mass is 35.5. The van der Waals surface area contributed by atoms with E-state index in [0.717, 1.165) is 17.7 Å². The summed E-state index contributed by atoms with van der Waals surface area (Å²) in [6, 6.07) is 5.54. The maximum atomic E-state index is 12.5. The Labute approximate surface area is 150 Å². The topological polar surface area (TPSA) is 78.4 Å². The largest absolute Gasteiger partial charge is 0.342 e. The molecule has 2 aromatic rings. The van der Waals surface area contributed by atoms with E-state index in [1.54, 1.807) is 9.80 Å². The third-order valence-electron chi connectivity index (χ3n) is 4.16. The van der Waals surface area contributed by atoms with Crippen molar-refractivity contribution in [1.29, 1.82) is 0 Å². The fourth-order valence-corrected chi connectivity index (χ4v) is 2.75. The molecule has 1 aliphatic heterocycles. The van der Waals surface area contributed by atoms with E-state index in [-0.39, 0.29) is 5.91 Å². The Balaban J connectivity index is 1.67. The molecule has 0 saturated carbocycles. The van der Waals surface area contributed by atoms with Gasteiger partial charge in [0.2, 0.25) is 12.4 Å². The van der Waals surface area contributed by atoms with Gasteiger partial charge < -0.3 is 15.1 Å². The average Bonchev–Trinajstić information content (AvgIpc) is 2.65. The molecule has 130 valence electrons. The number of aromatic nitrogens is 2. The molecule has 0 spiro atoms. The lowest BCUT2D eigenvalue weighted by Crippen LogP contribution is -2.48. The predicted octanol–water partition coefficient (Wildman–Crippen LogP) is 2.10. The molecule has 1 saturated heterocycles. The predicted molar refractivity (Wildman–Crippen MR) is 95.0 cm³/mol. The molecule has 1 fully saturated rings. The summed E-state index contributed by atoms with van der Waals surface area (Å²) in [4.78, 5) is 35.0. The van der Waals surface area contributed by atoms with Crippen LogP contribution in [0.2, 0.25) is 5.02 Å². The number of piperazine rings is 1. The highest BCUT2D eigenvalue weighted by molar-refractivity contribution is 6.31. The van der Waals surface area contributed by atoms with Gasteiger partial charge in [0.1, 0.15) is 0 Å². The molecule has 25 heavy (non-hydrogen) atoms. The van der Waals surface area contributed by atoms with Crippen LogP contribution in [0.4, 0.5) is 11.6 Å². The normalized spacial score (nSPS) is 14.3. The van der Waals surface area contributed by atoms with Crippen molar-refractivity contribution in [3.63, 3.8) is 0 Å². The van der Waals surface area contributed by atoms with Crippen LogP contribution < -0.4 is 5.32 Å². The first-order valence-corrected chi connectivity index (χ1v) is 8.29. The van der Waals surface area contributed by atoms with Crippen molar-refractivity contribution >= 4 is 35.6 Å². The quantitative estimate of drug-likeness (QED) is 0.846. The monoisotopic (exact) mass is 359 g/mol. The molecule has 2 heterocycles. The van der Waals surface area contributed by atoms with E-state index in [4.69, 9.17) is 11.6 Å². The van der Waals surface area contributed by atoms with E-state index in [0.29, 0.717) is 42.7 Å². The summed E-state index contributed by atoms with van der Waals surface area (Å²) in [7, 11) is 0. The number of nitrogens with one attached hydrogen (secondary N) is 1. The van der Waals surface area contributed by atoms with E-state index in [1.807, 2.05) is 25.1 Å². The first-order chi connectivity index (χ1) is 12.1. The summed E-state index contributed by atoms with van der Waals surface area (Å²) in [5, 5.41) is 3.75. The summed E-state index contributed by atoms with van der Waals surface area (Å²) in [5.41, 5.74) is 2.14. The molecule has 1 aliphatic rings. The van der Waals surface area contributed by atoms with Gasteiger partial charge in [-0.2, -0.15) is 0 Å². The Hall–Kier alpha value is -2.67. The zero-order valence-corrected chi connectivity index (χ0v) is 14.5. The molecule has 2 amide bonds. The molecule has 0 atom stereocenters. The van der Waals surface area contributed by atoms with Crippen LogP contribution in [0, 0.1) is 6.92 Å². The van der Waals surface area contributed by atoms with Crippen LogP contribution in [0.25, 0.3) is 0 Å². The van der Waals surface area contributed by atoms with Gasteiger partial charge in [-0.1, -0.05) is 17.7 Å². The lowest BCUT2D eigenvalue weighted by Gasteiger charge is -2.32. The van der Waals surface area contributed by atoms with Gasteiger partial charge in [-0.3, -0.25) is 9.59 Å². The zero-order valence-electron chi connectivity index (χ0n) is 13.8. The number of anilines is 2. The van der Waals surface area contributed by atoms with Gasteiger partial charge in [-0.05, 0) is 24.6 Å². The number of nitrogens with zero attached hydrogens (tertiary/aromatic N) is 4. The molecule has 3 rings (SSSR count). The lowest BCUT2D eigenvalue weighted by molar-refractivity contribution is -0.119. The first-order valence-electron chi connectivity index (χ1n) is 7.91. The molecule has 0 aliphatic carbocycles. The maximum absolute atomic E-state index is 12.5. The number of amides is 2. The van der Waals surface area contributed by atoms with Crippen molar-refractivity contribution < 1.29 is 9.59 Å². The molecule has 1 N–H and O–H groups in total. The van der Waals surface area contributed by atoms with Crippen LogP contribution in [0.5, 0.6) is 0 Å². The van der Waals surface area contributed by atoms with Gasteiger partial charge in [0, 0.05) is 49.3 Å². The third-order valence-corrected chi connectivity index (χ3v) is 4.57. The molecular formula is C17H18ClN5O2. The number of hydrogen-bond acceptors (Lipinski definition) is 5. The molecule has 1 aromatic carbocycles. The summed E-state index contributed by atoms with van der Waals surface area (Å²) in [6.07, 6.45) is 3.82. The molecule has 7 nitrogen and oxygen atoms in total. The van der Waals surface area contributed by atoms with Gasteiger partial charge in [0.15, 0.2) is 0 Å². The SMILES string of the molecule is Cc1c(Cl)cccc1Nc1ncc(C(=O)N2CCN(C=O)CC2)cn1. The molecule has 0 unspecified atom stereocenters. The maximum Gasteiger partial charge on any atom is 0.257 e. The number of halogens is 1. The van der Waals surface area contributed by atoms with Crippen molar-refractivity contribution in [3.05, 3.63) is 46.7 Å². The van der Waals surface area contributed by atoms with Crippen LogP contribution in [-0.4, -0.2) is 58.3 Å². The number of rotatable bonds is 4. The van der Waals surface area contributed by atoms with Crippen molar-refractivity contribution in [1.82, 2.24) is 19.8 Å². The Bertz CT molecular complexity index is 773. The average molecular weight is 360 g/mol. The van der Waals surface area contributed by atoms with Gasteiger partial charge in [0.25, 0.3) is 5.91 Å². The molecule has 0 radical (unpaired) electrons. The standard InChI is InChI=1S/C17H18ClN5O2/c1-12-14(18)3-2-4-15(12)21-17-19-9-13(10-20-17)16(25)23-7-5-22(11-24)6-8-23/h2-4,9-11H,5-8H2,1H3,(H,19,20,21). The second kappa shape index (κ2) is 7.48. The van der Waals surface area contributed by atoms with Crippen LogP contribution in [0.1, 0.15) is 15.9 Å². The van der Waals surface area contributed by atoms with Crippen molar-refractivity contribution in [2.45, 2.75) is 6.92 Å². The zero-order chi connectivity index (χ0) is 17.8. The van der Waals surface area contributed by atoms with Gasteiger partial charge >= 0.3 is 0 Å². The molecular weight excluding hydrogens is 342 g/mol. The highest BCUT2D eigenvalue weighted by Gasteiger charge is 2.21. The van der Waals surface area contributed by atoms with Crippen LogP contribution in [0.3, 0.4) is 0 Å². The van der Waals surface area contributed by atoms with Gasteiger partial charge in [0.05, 0.1) is 5.56 Å². The summed E-state index contributed by atoms with van der Waals surface area (Å²) >= 11 is 6.10. The minimum absolute atomic E-state index is 0.129. The smallest absolute Gasteiger partial charge is 0.257 e. The van der Waals surface area contributed by atoms with Crippen LogP contribution in [0.15, 0.2) is 30.6 Å². The molecule has 8 heteroatoms. The number of hydrogen-bond donors (Lipinski definition) is 1. The summed E-state index contributed by atoms with van der Waals surface area (Å²) in [5.74, 6) is 0.267. The summed E-state index contributed by atoms with van der Waals surface area (Å²) in [6.45, 7) is 4.02. The third kappa shape index (κ3) is 3.88. The second-order valence-corrected chi connectivity index (χ2v) is 6.17. The van der Waals surface area contributed by atoms with Crippen LogP contribution >= 0.6 is 11.6 Å². The van der Waals surface area contributed by atoms with Gasteiger partial charge in [-0.15, -0.1) is 0 Å². The Morgan fingerprint density at radius 1 is 1.20 bits per heavy atom. The lowest BCUT2D eigenvalue weighted by atomic mass is 10.2. The Morgan fingerprint density at radius 2 is 1.88 bits per heavy atom. The fourth-order valence-electron chi connectivity index (χ4n) is 2.58. The minimum atomic E-state index is -0.129. The van der Waals surface area contributed by atoms with Crippen LogP contribution in [-0.2, 0) is 4.79 Å².